The van der Waals surface area contributed by atoms with Crippen LogP contribution in [-0.2, 0) is 23.9 Å². The highest BCUT2D eigenvalue weighted by molar-refractivity contribution is 6.01. The number of esters is 2. The summed E-state index contributed by atoms with van der Waals surface area (Å²) in [5, 5.41) is 10.2. The van der Waals surface area contributed by atoms with Crippen LogP contribution in [-0.4, -0.2) is 42.6 Å². The van der Waals surface area contributed by atoms with Crippen molar-refractivity contribution >= 4 is 17.7 Å². The number of aliphatic hydroxyl groups is 1. The Kier molecular flexibility index (Phi) is 4.35. The topological polar surface area (TPSA) is 89.9 Å². The zero-order chi connectivity index (χ0) is 14.8. The predicted octanol–water partition coefficient (Wildman–Crippen LogP) is 0.459. The standard InChI is InChI=1S/C13H20O6/c1-8(14)9-7-13(10(15)18-3,11(16)19-4)6-5-12(9,2)17/h9,17H,5-7H2,1-4H3. The molecule has 0 spiro atoms. The van der Waals surface area contributed by atoms with Crippen molar-refractivity contribution in [3.05, 3.63) is 0 Å². The van der Waals surface area contributed by atoms with Crippen molar-refractivity contribution in [3.63, 3.8) is 0 Å². The van der Waals surface area contributed by atoms with Crippen molar-refractivity contribution in [1.82, 2.24) is 0 Å². The number of methoxy groups -OCH3 is 2. The fraction of sp³-hybridized carbons (Fsp3) is 0.769. The Bertz CT molecular complexity index is 382. The molecule has 0 aromatic heterocycles. The lowest BCUT2D eigenvalue weighted by atomic mass is 9.62. The summed E-state index contributed by atoms with van der Waals surface area (Å²) in [4.78, 5) is 35.6. The maximum absolute atomic E-state index is 12.0. The molecule has 1 N–H and O–H groups in total. The Balaban J connectivity index is 3.19. The van der Waals surface area contributed by atoms with Gasteiger partial charge in [0.25, 0.3) is 0 Å². The molecule has 6 nitrogen and oxygen atoms in total. The molecule has 108 valence electrons. The lowest BCUT2D eigenvalue weighted by molar-refractivity contribution is -0.179. The van der Waals surface area contributed by atoms with Crippen molar-refractivity contribution < 1.29 is 29.0 Å². The first kappa shape index (κ1) is 15.6. The van der Waals surface area contributed by atoms with Crippen LogP contribution in [0.15, 0.2) is 0 Å². The maximum Gasteiger partial charge on any atom is 0.323 e. The molecule has 19 heavy (non-hydrogen) atoms. The van der Waals surface area contributed by atoms with Crippen LogP contribution in [0.5, 0.6) is 0 Å². The Labute approximate surface area is 112 Å². The molecule has 2 atom stereocenters. The monoisotopic (exact) mass is 272 g/mol. The van der Waals surface area contributed by atoms with E-state index in [1.165, 1.54) is 28.1 Å². The van der Waals surface area contributed by atoms with Crippen molar-refractivity contribution in [2.24, 2.45) is 11.3 Å². The van der Waals surface area contributed by atoms with Crippen molar-refractivity contribution in [3.8, 4) is 0 Å². The zero-order valence-corrected chi connectivity index (χ0v) is 11.7. The van der Waals surface area contributed by atoms with Gasteiger partial charge in [-0.2, -0.15) is 0 Å². The third-order valence-corrected chi connectivity index (χ3v) is 4.00. The number of hydrogen-bond acceptors (Lipinski definition) is 6. The second-order valence-corrected chi connectivity index (χ2v) is 5.29. The van der Waals surface area contributed by atoms with Gasteiger partial charge in [0, 0.05) is 5.92 Å². The van der Waals surface area contributed by atoms with Crippen LogP contribution in [0.4, 0.5) is 0 Å². The number of ketones is 1. The third kappa shape index (κ3) is 2.63. The molecule has 0 heterocycles. The normalized spacial score (nSPS) is 29.4. The molecule has 0 saturated heterocycles. The van der Waals surface area contributed by atoms with E-state index in [2.05, 4.69) is 9.47 Å². The number of hydrogen-bond donors (Lipinski definition) is 1. The maximum atomic E-state index is 12.0. The van der Waals surface area contributed by atoms with Crippen molar-refractivity contribution in [2.75, 3.05) is 14.2 Å². The van der Waals surface area contributed by atoms with Gasteiger partial charge < -0.3 is 14.6 Å². The molecule has 0 radical (unpaired) electrons. The van der Waals surface area contributed by atoms with Crippen LogP contribution in [0.2, 0.25) is 0 Å². The molecule has 0 amide bonds. The van der Waals surface area contributed by atoms with Crippen LogP contribution in [0.3, 0.4) is 0 Å². The van der Waals surface area contributed by atoms with Gasteiger partial charge in [-0.05, 0) is 33.1 Å². The van der Waals surface area contributed by atoms with E-state index in [-0.39, 0.29) is 25.0 Å². The molecule has 0 aliphatic heterocycles. The summed E-state index contributed by atoms with van der Waals surface area (Å²) in [6.07, 6.45) is 0.166. The highest BCUT2D eigenvalue weighted by atomic mass is 16.5. The van der Waals surface area contributed by atoms with Crippen LogP contribution >= 0.6 is 0 Å². The van der Waals surface area contributed by atoms with Gasteiger partial charge in [-0.3, -0.25) is 14.4 Å². The molecule has 1 rings (SSSR count). The van der Waals surface area contributed by atoms with Crippen LogP contribution in [0.1, 0.15) is 33.1 Å². The SMILES string of the molecule is COC(=O)C1(C(=O)OC)CCC(C)(O)C(C(C)=O)C1. The number of carbonyl (C=O) groups is 3. The summed E-state index contributed by atoms with van der Waals surface area (Å²) >= 11 is 0. The molecular formula is C13H20O6. The van der Waals surface area contributed by atoms with Gasteiger partial charge in [0.2, 0.25) is 0 Å². The summed E-state index contributed by atoms with van der Waals surface area (Å²) in [6.45, 7) is 2.88. The van der Waals surface area contributed by atoms with Crippen molar-refractivity contribution in [1.29, 1.82) is 0 Å². The minimum Gasteiger partial charge on any atom is -0.468 e. The Morgan fingerprint density at radius 1 is 1.11 bits per heavy atom. The average Bonchev–Trinajstić information content (AvgIpc) is 2.36. The molecule has 1 saturated carbocycles. The van der Waals surface area contributed by atoms with Gasteiger partial charge in [-0.25, -0.2) is 0 Å². The highest BCUT2D eigenvalue weighted by Gasteiger charge is 2.57. The van der Waals surface area contributed by atoms with Gasteiger partial charge in [0.1, 0.15) is 5.78 Å². The van der Waals surface area contributed by atoms with E-state index in [1.54, 1.807) is 0 Å². The van der Waals surface area contributed by atoms with Gasteiger partial charge in [0.15, 0.2) is 5.41 Å². The molecule has 2 unspecified atom stereocenters. The first-order valence-electron chi connectivity index (χ1n) is 6.11. The first-order valence-corrected chi connectivity index (χ1v) is 6.11. The molecule has 0 aromatic carbocycles. The summed E-state index contributed by atoms with van der Waals surface area (Å²) < 4.78 is 9.36. The minimum absolute atomic E-state index is 0.0886. The van der Waals surface area contributed by atoms with Crippen LogP contribution < -0.4 is 0 Å². The smallest absolute Gasteiger partial charge is 0.323 e. The van der Waals surface area contributed by atoms with E-state index in [9.17, 15) is 19.5 Å². The molecule has 1 aliphatic rings. The Morgan fingerprint density at radius 2 is 1.58 bits per heavy atom. The lowest BCUT2D eigenvalue weighted by Gasteiger charge is -2.43. The van der Waals surface area contributed by atoms with E-state index in [0.717, 1.165) is 0 Å². The summed E-state index contributed by atoms with van der Waals surface area (Å²) in [6, 6.07) is 0. The summed E-state index contributed by atoms with van der Waals surface area (Å²) in [7, 11) is 2.37. The molecular weight excluding hydrogens is 252 g/mol. The molecule has 1 aliphatic carbocycles. The van der Waals surface area contributed by atoms with Gasteiger partial charge in [-0.15, -0.1) is 0 Å². The summed E-state index contributed by atoms with van der Waals surface area (Å²) in [5.74, 6) is -2.50. The van der Waals surface area contributed by atoms with E-state index < -0.39 is 28.9 Å². The molecule has 0 bridgehead atoms. The van der Waals surface area contributed by atoms with Crippen LogP contribution in [0.25, 0.3) is 0 Å². The van der Waals surface area contributed by atoms with E-state index in [4.69, 9.17) is 0 Å². The van der Waals surface area contributed by atoms with E-state index in [0.29, 0.717) is 0 Å². The van der Waals surface area contributed by atoms with E-state index in [1.807, 2.05) is 0 Å². The van der Waals surface area contributed by atoms with E-state index >= 15 is 0 Å². The molecule has 0 aromatic rings. The van der Waals surface area contributed by atoms with Crippen molar-refractivity contribution in [2.45, 2.75) is 38.7 Å². The quantitative estimate of drug-likeness (QED) is 0.593. The molecule has 6 heteroatoms. The fourth-order valence-corrected chi connectivity index (χ4v) is 2.74. The minimum atomic E-state index is -1.50. The number of carbonyl (C=O) groups excluding carboxylic acids is 3. The Morgan fingerprint density at radius 3 is 1.95 bits per heavy atom. The number of rotatable bonds is 3. The average molecular weight is 272 g/mol. The first-order chi connectivity index (χ1) is 8.71. The highest BCUT2D eigenvalue weighted by Crippen LogP contribution is 2.46. The third-order valence-electron chi connectivity index (χ3n) is 4.00. The second-order valence-electron chi connectivity index (χ2n) is 5.29. The van der Waals surface area contributed by atoms with Gasteiger partial charge >= 0.3 is 11.9 Å². The number of Topliss-reactive ketones (excluding diaryl/α,β-unsaturated/α-hetero) is 1. The summed E-state index contributed by atoms with van der Waals surface area (Å²) in [5.41, 5.74) is -2.72. The fourth-order valence-electron chi connectivity index (χ4n) is 2.74. The van der Waals surface area contributed by atoms with Crippen LogP contribution in [0, 0.1) is 11.3 Å². The zero-order valence-electron chi connectivity index (χ0n) is 11.7. The molecule has 1 fully saturated rings. The lowest BCUT2D eigenvalue weighted by Crippen LogP contribution is -2.54. The largest absolute Gasteiger partial charge is 0.468 e. The second kappa shape index (κ2) is 5.28. The predicted molar refractivity (Wildman–Crippen MR) is 65.1 cm³/mol. The number of ether oxygens (including phenoxy) is 2. The Hall–Kier alpha value is -1.43. The van der Waals surface area contributed by atoms with Gasteiger partial charge in [0.05, 0.1) is 19.8 Å². The van der Waals surface area contributed by atoms with Gasteiger partial charge in [-0.1, -0.05) is 0 Å².